The molecule has 0 aliphatic rings. The highest BCUT2D eigenvalue weighted by atomic mass is 79.9. The summed E-state index contributed by atoms with van der Waals surface area (Å²) < 4.78 is 6.14. The van der Waals surface area contributed by atoms with E-state index in [2.05, 4.69) is 15.9 Å². The summed E-state index contributed by atoms with van der Waals surface area (Å²) in [5.74, 6) is -0.282. The lowest BCUT2D eigenvalue weighted by Gasteiger charge is -2.09. The number of hydrogen-bond donors (Lipinski definition) is 2. The van der Waals surface area contributed by atoms with Crippen LogP contribution in [0.15, 0.2) is 46.9 Å². The van der Waals surface area contributed by atoms with Gasteiger partial charge in [-0.15, -0.1) is 0 Å². The number of ether oxygens (including phenoxy) is 1. The topological polar surface area (TPSA) is 66.8 Å². The van der Waals surface area contributed by atoms with E-state index in [1.54, 1.807) is 30.3 Å². The molecule has 2 rings (SSSR count). The minimum absolute atomic E-state index is 0.0369. The zero-order valence-electron chi connectivity index (χ0n) is 10.5. The molecule has 0 aromatic heterocycles. The summed E-state index contributed by atoms with van der Waals surface area (Å²) in [6.45, 7) is 0.204. The lowest BCUT2D eigenvalue weighted by Crippen LogP contribution is -2.02. The van der Waals surface area contributed by atoms with Crippen LogP contribution in [-0.4, -0.2) is 29.4 Å². The van der Waals surface area contributed by atoms with Crippen LogP contribution in [0.5, 0.6) is 5.75 Å². The van der Waals surface area contributed by atoms with E-state index in [0.717, 1.165) is 15.6 Å². The Hall–Kier alpha value is -1.85. The highest BCUT2D eigenvalue weighted by Gasteiger charge is 2.06. The molecule has 0 heterocycles. The Labute approximate surface area is 124 Å². The summed E-state index contributed by atoms with van der Waals surface area (Å²) in [5, 5.41) is 17.6. The third-order valence-corrected chi connectivity index (χ3v) is 3.37. The molecule has 0 saturated carbocycles. The fourth-order valence-electron chi connectivity index (χ4n) is 1.76. The maximum atomic E-state index is 10.8. The average molecular weight is 337 g/mol. The standard InChI is InChI=1S/C15H13BrO4/c16-13-9-12(5-6-14(13)20-8-7-17)10-1-3-11(4-2-10)15(18)19/h1-6,9,17H,7-8H2,(H,18,19). The van der Waals surface area contributed by atoms with Crippen molar-refractivity contribution in [3.8, 4) is 16.9 Å². The van der Waals surface area contributed by atoms with Crippen molar-refractivity contribution in [2.24, 2.45) is 0 Å². The lowest BCUT2D eigenvalue weighted by atomic mass is 10.0. The minimum Gasteiger partial charge on any atom is -0.490 e. The zero-order chi connectivity index (χ0) is 14.5. The Balaban J connectivity index is 2.24. The van der Waals surface area contributed by atoms with Gasteiger partial charge in [0.05, 0.1) is 16.6 Å². The first-order valence-corrected chi connectivity index (χ1v) is 6.78. The summed E-state index contributed by atoms with van der Waals surface area (Å²) in [7, 11) is 0. The van der Waals surface area contributed by atoms with E-state index in [1.807, 2.05) is 12.1 Å². The second-order valence-corrected chi connectivity index (χ2v) is 4.95. The first-order valence-electron chi connectivity index (χ1n) is 5.99. The molecule has 0 unspecified atom stereocenters. The predicted molar refractivity (Wildman–Crippen MR) is 79.1 cm³/mol. The Morgan fingerprint density at radius 1 is 1.10 bits per heavy atom. The van der Waals surface area contributed by atoms with E-state index < -0.39 is 5.97 Å². The van der Waals surface area contributed by atoms with E-state index in [-0.39, 0.29) is 18.8 Å². The fraction of sp³-hybridized carbons (Fsp3) is 0.133. The molecule has 0 fully saturated rings. The van der Waals surface area contributed by atoms with E-state index in [4.69, 9.17) is 14.9 Å². The van der Waals surface area contributed by atoms with Crippen molar-refractivity contribution >= 4 is 21.9 Å². The number of carboxylic acid groups (broad SMARTS) is 1. The van der Waals surface area contributed by atoms with Gasteiger partial charge in [-0.05, 0) is 51.3 Å². The first-order chi connectivity index (χ1) is 9.61. The van der Waals surface area contributed by atoms with Gasteiger partial charge in [-0.25, -0.2) is 4.79 Å². The van der Waals surface area contributed by atoms with Gasteiger partial charge in [0.2, 0.25) is 0 Å². The van der Waals surface area contributed by atoms with Crippen molar-refractivity contribution in [1.29, 1.82) is 0 Å². The zero-order valence-corrected chi connectivity index (χ0v) is 12.1. The number of aliphatic hydroxyl groups excluding tert-OH is 1. The first kappa shape index (κ1) is 14.6. The fourth-order valence-corrected chi connectivity index (χ4v) is 2.25. The number of hydrogen-bond acceptors (Lipinski definition) is 3. The third kappa shape index (κ3) is 3.37. The van der Waals surface area contributed by atoms with Crippen molar-refractivity contribution < 1.29 is 19.7 Å². The van der Waals surface area contributed by atoms with Gasteiger partial charge in [-0.3, -0.25) is 0 Å². The van der Waals surface area contributed by atoms with Gasteiger partial charge in [0.25, 0.3) is 0 Å². The Morgan fingerprint density at radius 2 is 1.75 bits per heavy atom. The van der Waals surface area contributed by atoms with Crippen molar-refractivity contribution in [3.05, 3.63) is 52.5 Å². The number of benzene rings is 2. The van der Waals surface area contributed by atoms with Crippen molar-refractivity contribution in [1.82, 2.24) is 0 Å². The largest absolute Gasteiger partial charge is 0.490 e. The number of carboxylic acids is 1. The van der Waals surface area contributed by atoms with Crippen LogP contribution >= 0.6 is 15.9 Å². The number of halogens is 1. The van der Waals surface area contributed by atoms with E-state index >= 15 is 0 Å². The maximum absolute atomic E-state index is 10.8. The molecule has 0 bridgehead atoms. The molecule has 5 heteroatoms. The second-order valence-electron chi connectivity index (χ2n) is 4.10. The molecule has 0 atom stereocenters. The summed E-state index contributed by atoms with van der Waals surface area (Å²) in [6.07, 6.45) is 0. The smallest absolute Gasteiger partial charge is 0.335 e. The molecule has 104 valence electrons. The van der Waals surface area contributed by atoms with Gasteiger partial charge >= 0.3 is 5.97 Å². The molecule has 0 radical (unpaired) electrons. The highest BCUT2D eigenvalue weighted by Crippen LogP contribution is 2.30. The number of carbonyl (C=O) groups is 1. The second kappa shape index (κ2) is 6.54. The minimum atomic E-state index is -0.939. The van der Waals surface area contributed by atoms with E-state index in [1.165, 1.54) is 0 Å². The highest BCUT2D eigenvalue weighted by molar-refractivity contribution is 9.10. The molecule has 4 nitrogen and oxygen atoms in total. The normalized spacial score (nSPS) is 10.3. The summed E-state index contributed by atoms with van der Waals surface area (Å²) in [5.41, 5.74) is 2.13. The molecule has 0 amide bonds. The van der Waals surface area contributed by atoms with Crippen molar-refractivity contribution in [3.63, 3.8) is 0 Å². The Kier molecular flexibility index (Phi) is 4.76. The van der Waals surface area contributed by atoms with Crippen molar-refractivity contribution in [2.75, 3.05) is 13.2 Å². The van der Waals surface area contributed by atoms with Crippen LogP contribution in [0.4, 0.5) is 0 Å². The predicted octanol–water partition coefficient (Wildman–Crippen LogP) is 3.19. The van der Waals surface area contributed by atoms with Gasteiger partial charge in [-0.1, -0.05) is 18.2 Å². The van der Waals surface area contributed by atoms with Gasteiger partial charge in [0.1, 0.15) is 12.4 Å². The summed E-state index contributed by atoms with van der Waals surface area (Å²) >= 11 is 3.41. The van der Waals surface area contributed by atoms with Crippen molar-refractivity contribution in [2.45, 2.75) is 0 Å². The molecule has 2 aromatic rings. The van der Waals surface area contributed by atoms with Gasteiger partial charge in [0.15, 0.2) is 0 Å². The molecule has 20 heavy (non-hydrogen) atoms. The van der Waals surface area contributed by atoms with E-state index in [9.17, 15) is 4.79 Å². The number of aromatic carboxylic acids is 1. The number of rotatable bonds is 5. The van der Waals surface area contributed by atoms with Crippen LogP contribution in [-0.2, 0) is 0 Å². The van der Waals surface area contributed by atoms with Gasteiger partial charge in [-0.2, -0.15) is 0 Å². The number of aliphatic hydroxyl groups is 1. The van der Waals surface area contributed by atoms with Crippen LogP contribution in [0, 0.1) is 0 Å². The van der Waals surface area contributed by atoms with Crippen LogP contribution < -0.4 is 4.74 Å². The quantitative estimate of drug-likeness (QED) is 0.879. The SMILES string of the molecule is O=C(O)c1ccc(-c2ccc(OCCO)c(Br)c2)cc1. The average Bonchev–Trinajstić information content (AvgIpc) is 2.46. The molecule has 0 aliphatic heterocycles. The molecule has 2 aromatic carbocycles. The van der Waals surface area contributed by atoms with Crippen LogP contribution in [0.1, 0.15) is 10.4 Å². The molecule has 2 N–H and O–H groups in total. The molecule has 0 saturated heterocycles. The van der Waals surface area contributed by atoms with Crippen LogP contribution in [0.2, 0.25) is 0 Å². The molecular weight excluding hydrogens is 324 g/mol. The van der Waals surface area contributed by atoms with Gasteiger partial charge in [0, 0.05) is 0 Å². The van der Waals surface area contributed by atoms with E-state index in [0.29, 0.717) is 5.75 Å². The molecule has 0 spiro atoms. The Bertz CT molecular complexity index is 608. The molecule has 0 aliphatic carbocycles. The molecular formula is C15H13BrO4. The summed E-state index contributed by atoms with van der Waals surface area (Å²) in [6, 6.07) is 12.2. The van der Waals surface area contributed by atoms with Gasteiger partial charge < -0.3 is 14.9 Å². The third-order valence-electron chi connectivity index (χ3n) is 2.75. The maximum Gasteiger partial charge on any atom is 0.335 e. The Morgan fingerprint density at radius 3 is 2.30 bits per heavy atom. The van der Waals surface area contributed by atoms with Crippen LogP contribution in [0.25, 0.3) is 11.1 Å². The monoisotopic (exact) mass is 336 g/mol. The summed E-state index contributed by atoms with van der Waals surface area (Å²) in [4.78, 5) is 10.8. The lowest BCUT2D eigenvalue weighted by molar-refractivity contribution is 0.0697. The van der Waals surface area contributed by atoms with Crippen LogP contribution in [0.3, 0.4) is 0 Å².